The second kappa shape index (κ2) is 7.43. The summed E-state index contributed by atoms with van der Waals surface area (Å²) >= 11 is 1.65. The SMILES string of the molecule is C#CCC(C)(C)C(=O)NCCc1ccc(-c2csc(C)n2)cc1. The zero-order valence-electron chi connectivity index (χ0n) is 13.8. The van der Waals surface area contributed by atoms with Crippen molar-refractivity contribution in [3.63, 3.8) is 0 Å². The molecule has 0 radical (unpaired) electrons. The van der Waals surface area contributed by atoms with Crippen LogP contribution in [0.15, 0.2) is 29.6 Å². The van der Waals surface area contributed by atoms with E-state index in [0.717, 1.165) is 22.7 Å². The van der Waals surface area contributed by atoms with E-state index in [-0.39, 0.29) is 5.91 Å². The summed E-state index contributed by atoms with van der Waals surface area (Å²) in [6, 6.07) is 8.33. The lowest BCUT2D eigenvalue weighted by Gasteiger charge is -2.20. The lowest BCUT2D eigenvalue weighted by Crippen LogP contribution is -2.37. The van der Waals surface area contributed by atoms with Gasteiger partial charge in [0, 0.05) is 23.9 Å². The molecule has 1 heterocycles. The van der Waals surface area contributed by atoms with E-state index in [9.17, 15) is 4.79 Å². The zero-order valence-corrected chi connectivity index (χ0v) is 14.7. The highest BCUT2D eigenvalue weighted by Crippen LogP contribution is 2.22. The Morgan fingerprint density at radius 3 is 2.61 bits per heavy atom. The van der Waals surface area contributed by atoms with Crippen LogP contribution in [0.2, 0.25) is 0 Å². The monoisotopic (exact) mass is 326 g/mol. The third-order valence-electron chi connectivity index (χ3n) is 3.73. The predicted octanol–water partition coefficient (Wildman–Crippen LogP) is 3.83. The first kappa shape index (κ1) is 17.2. The summed E-state index contributed by atoms with van der Waals surface area (Å²) in [5.74, 6) is 2.56. The molecule has 2 aromatic rings. The molecule has 0 spiro atoms. The van der Waals surface area contributed by atoms with Gasteiger partial charge in [0.25, 0.3) is 0 Å². The number of hydrogen-bond acceptors (Lipinski definition) is 3. The van der Waals surface area contributed by atoms with Crippen molar-refractivity contribution in [1.82, 2.24) is 10.3 Å². The van der Waals surface area contributed by atoms with Gasteiger partial charge in [-0.05, 0) is 18.9 Å². The van der Waals surface area contributed by atoms with Crippen molar-refractivity contribution in [1.29, 1.82) is 0 Å². The van der Waals surface area contributed by atoms with Gasteiger partial charge in [-0.15, -0.1) is 23.7 Å². The smallest absolute Gasteiger partial charge is 0.226 e. The van der Waals surface area contributed by atoms with Crippen molar-refractivity contribution in [3.05, 3.63) is 40.2 Å². The Morgan fingerprint density at radius 1 is 1.35 bits per heavy atom. The van der Waals surface area contributed by atoms with Gasteiger partial charge in [-0.1, -0.05) is 38.1 Å². The molecule has 0 fully saturated rings. The Labute approximate surface area is 142 Å². The van der Waals surface area contributed by atoms with Gasteiger partial charge in [-0.3, -0.25) is 4.79 Å². The third kappa shape index (κ3) is 4.67. The second-order valence-electron chi connectivity index (χ2n) is 6.22. The molecule has 1 amide bonds. The molecule has 1 aromatic heterocycles. The number of amides is 1. The minimum atomic E-state index is -0.513. The highest BCUT2D eigenvalue weighted by molar-refractivity contribution is 7.09. The maximum absolute atomic E-state index is 12.1. The van der Waals surface area contributed by atoms with Crippen LogP contribution in [0.5, 0.6) is 0 Å². The number of nitrogens with zero attached hydrogens (tertiary/aromatic N) is 1. The van der Waals surface area contributed by atoms with E-state index < -0.39 is 5.41 Å². The second-order valence-corrected chi connectivity index (χ2v) is 7.28. The van der Waals surface area contributed by atoms with Gasteiger partial charge >= 0.3 is 0 Å². The van der Waals surface area contributed by atoms with Crippen LogP contribution in [0.25, 0.3) is 11.3 Å². The van der Waals surface area contributed by atoms with E-state index in [4.69, 9.17) is 6.42 Å². The van der Waals surface area contributed by atoms with Crippen molar-refractivity contribution in [3.8, 4) is 23.6 Å². The number of carbonyl (C=O) groups excluding carboxylic acids is 1. The molecule has 0 bridgehead atoms. The van der Waals surface area contributed by atoms with Crippen LogP contribution in [0.1, 0.15) is 30.8 Å². The van der Waals surface area contributed by atoms with E-state index in [1.54, 1.807) is 11.3 Å². The fourth-order valence-corrected chi connectivity index (χ4v) is 2.86. The van der Waals surface area contributed by atoms with Crippen LogP contribution in [0, 0.1) is 24.7 Å². The highest BCUT2D eigenvalue weighted by atomic mass is 32.1. The van der Waals surface area contributed by atoms with Crippen molar-refractivity contribution in [2.75, 3.05) is 6.54 Å². The standard InChI is InChI=1S/C19H22N2OS/c1-5-11-19(3,4)18(22)20-12-10-15-6-8-16(9-7-15)17-13-23-14(2)21-17/h1,6-9,13H,10-12H2,2-4H3,(H,20,22). The van der Waals surface area contributed by atoms with E-state index in [1.807, 2.05) is 20.8 Å². The van der Waals surface area contributed by atoms with Gasteiger partial charge in [0.2, 0.25) is 5.91 Å². The largest absolute Gasteiger partial charge is 0.355 e. The van der Waals surface area contributed by atoms with Crippen LogP contribution in [0.3, 0.4) is 0 Å². The van der Waals surface area contributed by atoms with Gasteiger partial charge in [0.15, 0.2) is 0 Å². The lowest BCUT2D eigenvalue weighted by atomic mass is 9.88. The average molecular weight is 326 g/mol. The highest BCUT2D eigenvalue weighted by Gasteiger charge is 2.25. The average Bonchev–Trinajstić information content (AvgIpc) is 2.94. The molecule has 0 aliphatic heterocycles. The summed E-state index contributed by atoms with van der Waals surface area (Å²) in [4.78, 5) is 16.6. The summed E-state index contributed by atoms with van der Waals surface area (Å²) in [5.41, 5.74) is 2.82. The normalized spacial score (nSPS) is 11.0. The first-order valence-electron chi connectivity index (χ1n) is 7.65. The van der Waals surface area contributed by atoms with Crippen molar-refractivity contribution >= 4 is 17.2 Å². The number of aryl methyl sites for hydroxylation is 1. The molecule has 0 saturated heterocycles. The Morgan fingerprint density at radius 2 is 2.04 bits per heavy atom. The molecule has 120 valence electrons. The van der Waals surface area contributed by atoms with Gasteiger partial charge in [0.1, 0.15) is 0 Å². The van der Waals surface area contributed by atoms with E-state index >= 15 is 0 Å². The number of carbonyl (C=O) groups is 1. The minimum Gasteiger partial charge on any atom is -0.355 e. The molecule has 1 N–H and O–H groups in total. The number of aromatic nitrogens is 1. The molecule has 3 nitrogen and oxygen atoms in total. The van der Waals surface area contributed by atoms with E-state index in [1.165, 1.54) is 5.56 Å². The first-order chi connectivity index (χ1) is 10.9. The molecule has 0 atom stereocenters. The predicted molar refractivity (Wildman–Crippen MR) is 96.2 cm³/mol. The maximum atomic E-state index is 12.1. The molecule has 0 saturated carbocycles. The number of terminal acetylenes is 1. The maximum Gasteiger partial charge on any atom is 0.226 e. The Hall–Kier alpha value is -2.12. The molecule has 0 aliphatic carbocycles. The number of hydrogen-bond donors (Lipinski definition) is 1. The van der Waals surface area contributed by atoms with Gasteiger partial charge in [-0.2, -0.15) is 0 Å². The van der Waals surface area contributed by atoms with Crippen molar-refractivity contribution in [2.45, 2.75) is 33.6 Å². The fourth-order valence-electron chi connectivity index (χ4n) is 2.23. The minimum absolute atomic E-state index is 0.00465. The third-order valence-corrected chi connectivity index (χ3v) is 4.50. The van der Waals surface area contributed by atoms with Gasteiger partial charge in [0.05, 0.1) is 16.1 Å². The van der Waals surface area contributed by atoms with Crippen LogP contribution < -0.4 is 5.32 Å². The van der Waals surface area contributed by atoms with Gasteiger partial charge < -0.3 is 5.32 Å². The summed E-state index contributed by atoms with van der Waals surface area (Å²) in [7, 11) is 0. The van der Waals surface area contributed by atoms with Crippen LogP contribution in [-0.2, 0) is 11.2 Å². The quantitative estimate of drug-likeness (QED) is 0.820. The Balaban J connectivity index is 1.87. The van der Waals surface area contributed by atoms with E-state index in [0.29, 0.717) is 13.0 Å². The van der Waals surface area contributed by atoms with Crippen molar-refractivity contribution < 1.29 is 4.79 Å². The van der Waals surface area contributed by atoms with Crippen LogP contribution >= 0.6 is 11.3 Å². The summed E-state index contributed by atoms with van der Waals surface area (Å²) in [6.45, 7) is 6.36. The summed E-state index contributed by atoms with van der Waals surface area (Å²) in [6.07, 6.45) is 6.55. The van der Waals surface area contributed by atoms with Crippen molar-refractivity contribution in [2.24, 2.45) is 5.41 Å². The number of rotatable bonds is 6. The summed E-state index contributed by atoms with van der Waals surface area (Å²) < 4.78 is 0. The molecule has 2 rings (SSSR count). The topological polar surface area (TPSA) is 42.0 Å². The molecule has 0 unspecified atom stereocenters. The summed E-state index contributed by atoms with van der Waals surface area (Å²) in [5, 5.41) is 6.10. The van der Waals surface area contributed by atoms with Gasteiger partial charge in [-0.25, -0.2) is 4.98 Å². The van der Waals surface area contributed by atoms with Crippen LogP contribution in [-0.4, -0.2) is 17.4 Å². The lowest BCUT2D eigenvalue weighted by molar-refractivity contribution is -0.129. The van der Waals surface area contributed by atoms with E-state index in [2.05, 4.69) is 45.9 Å². The molecular formula is C19H22N2OS. The molecule has 1 aromatic carbocycles. The molecule has 0 aliphatic rings. The van der Waals surface area contributed by atoms with Crippen LogP contribution in [0.4, 0.5) is 0 Å². The number of nitrogens with one attached hydrogen (secondary N) is 1. The number of benzene rings is 1. The molecule has 23 heavy (non-hydrogen) atoms. The Bertz CT molecular complexity index is 708. The molecular weight excluding hydrogens is 304 g/mol. The fraction of sp³-hybridized carbons (Fsp3) is 0.368. The number of thiazole rings is 1. The first-order valence-corrected chi connectivity index (χ1v) is 8.53. The molecule has 4 heteroatoms. The Kier molecular flexibility index (Phi) is 5.57. The zero-order chi connectivity index (χ0) is 16.9.